The number of ether oxygens (including phenoxy) is 2. The molecule has 1 N–H and O–H groups in total. The molecule has 0 bridgehead atoms. The third-order valence-electron chi connectivity index (χ3n) is 6.85. The minimum atomic E-state index is -1.21. The lowest BCUT2D eigenvalue weighted by Gasteiger charge is -2.15. The molecule has 0 fully saturated rings. The average molecular weight is 581 g/mol. The standard InChI is InChI=1S/C32H36N6O3Si/c1-6-29(39)35-25-13-10-14-26(17-25)41-30-19-33-32-31(36-30)28(21-37(32)22-40-15-16-42(3,4)5)27-18-34-38(23(27)2)20-24-11-8-7-9-12-24/h6-14,17-19,21H,1,15-16,20,22H2,2-5H3,(H,35,39). The van der Waals surface area contributed by atoms with E-state index in [1.54, 1.807) is 30.5 Å². The van der Waals surface area contributed by atoms with Gasteiger partial charge in [0.2, 0.25) is 11.8 Å². The average Bonchev–Trinajstić information content (AvgIpc) is 3.50. The van der Waals surface area contributed by atoms with Crippen molar-refractivity contribution in [3.8, 4) is 22.8 Å². The summed E-state index contributed by atoms with van der Waals surface area (Å²) in [5.74, 6) is 0.560. The monoisotopic (exact) mass is 580 g/mol. The second-order valence-electron chi connectivity index (χ2n) is 11.4. The van der Waals surface area contributed by atoms with Gasteiger partial charge < -0.3 is 19.4 Å². The van der Waals surface area contributed by atoms with Gasteiger partial charge >= 0.3 is 0 Å². The van der Waals surface area contributed by atoms with E-state index < -0.39 is 8.07 Å². The highest BCUT2D eigenvalue weighted by molar-refractivity contribution is 6.76. The number of anilines is 1. The number of nitrogens with zero attached hydrogens (tertiary/aromatic N) is 5. The molecule has 5 aromatic rings. The lowest BCUT2D eigenvalue weighted by Crippen LogP contribution is -2.22. The highest BCUT2D eigenvalue weighted by Crippen LogP contribution is 2.33. The largest absolute Gasteiger partial charge is 0.437 e. The van der Waals surface area contributed by atoms with Crippen LogP contribution >= 0.6 is 0 Å². The molecular weight excluding hydrogens is 544 g/mol. The first-order valence-electron chi connectivity index (χ1n) is 13.9. The Bertz CT molecular complexity index is 1700. The van der Waals surface area contributed by atoms with Gasteiger partial charge in [-0.15, -0.1) is 0 Å². The van der Waals surface area contributed by atoms with Gasteiger partial charge in [-0.05, 0) is 36.7 Å². The number of carbonyl (C=O) groups is 1. The van der Waals surface area contributed by atoms with Gasteiger partial charge in [0.05, 0.1) is 18.9 Å². The fourth-order valence-electron chi connectivity index (χ4n) is 4.50. The van der Waals surface area contributed by atoms with Gasteiger partial charge in [-0.1, -0.05) is 62.6 Å². The molecule has 3 heterocycles. The molecular formula is C32H36N6O3Si. The first kappa shape index (κ1) is 29.0. The number of nitrogens with one attached hydrogen (secondary N) is 1. The van der Waals surface area contributed by atoms with E-state index in [0.717, 1.165) is 22.9 Å². The van der Waals surface area contributed by atoms with Crippen LogP contribution in [0.15, 0.2) is 85.8 Å². The first-order valence-corrected chi connectivity index (χ1v) is 17.6. The quantitative estimate of drug-likeness (QED) is 0.0982. The fraction of sp³-hybridized carbons (Fsp3) is 0.250. The number of aromatic nitrogens is 5. The number of benzene rings is 2. The Kier molecular flexibility index (Phi) is 8.65. The summed E-state index contributed by atoms with van der Waals surface area (Å²) >= 11 is 0. The summed E-state index contributed by atoms with van der Waals surface area (Å²) in [7, 11) is -1.21. The summed E-state index contributed by atoms with van der Waals surface area (Å²) < 4.78 is 16.2. The van der Waals surface area contributed by atoms with Gasteiger partial charge in [0.25, 0.3) is 0 Å². The van der Waals surface area contributed by atoms with Gasteiger partial charge in [-0.25, -0.2) is 9.97 Å². The van der Waals surface area contributed by atoms with Crippen molar-refractivity contribution in [3.63, 3.8) is 0 Å². The number of hydrogen-bond donors (Lipinski definition) is 1. The maximum absolute atomic E-state index is 11.7. The number of fused-ring (bicyclic) bond motifs is 1. The van der Waals surface area contributed by atoms with Gasteiger partial charge in [0.15, 0.2) is 5.65 Å². The molecule has 10 heteroatoms. The molecule has 0 spiro atoms. The van der Waals surface area contributed by atoms with Crippen molar-refractivity contribution >= 4 is 30.8 Å². The third kappa shape index (κ3) is 7.02. The van der Waals surface area contributed by atoms with Crippen LogP contribution in [0.25, 0.3) is 22.3 Å². The lowest BCUT2D eigenvalue weighted by molar-refractivity contribution is -0.111. The molecule has 0 unspecified atom stereocenters. The van der Waals surface area contributed by atoms with Gasteiger partial charge in [-0.3, -0.25) is 9.48 Å². The summed E-state index contributed by atoms with van der Waals surface area (Å²) in [4.78, 5) is 21.4. The molecule has 0 aliphatic heterocycles. The van der Waals surface area contributed by atoms with E-state index in [4.69, 9.17) is 24.5 Å². The maximum Gasteiger partial charge on any atom is 0.247 e. The second kappa shape index (κ2) is 12.5. The summed E-state index contributed by atoms with van der Waals surface area (Å²) in [6, 6.07) is 18.4. The summed E-state index contributed by atoms with van der Waals surface area (Å²) in [6.45, 7) is 14.3. The van der Waals surface area contributed by atoms with Crippen molar-refractivity contribution < 1.29 is 14.3 Å². The van der Waals surface area contributed by atoms with E-state index in [2.05, 4.69) is 50.6 Å². The molecule has 9 nitrogen and oxygen atoms in total. The zero-order valence-electron chi connectivity index (χ0n) is 24.5. The van der Waals surface area contributed by atoms with Crippen LogP contribution in [0.4, 0.5) is 5.69 Å². The van der Waals surface area contributed by atoms with E-state index in [1.165, 1.54) is 11.6 Å². The molecule has 0 radical (unpaired) electrons. The van der Waals surface area contributed by atoms with Crippen molar-refractivity contribution in [1.82, 2.24) is 24.3 Å². The predicted octanol–water partition coefficient (Wildman–Crippen LogP) is 6.88. The van der Waals surface area contributed by atoms with E-state index in [0.29, 0.717) is 48.4 Å². The zero-order valence-corrected chi connectivity index (χ0v) is 25.5. The molecule has 0 saturated heterocycles. The normalized spacial score (nSPS) is 11.5. The fourth-order valence-corrected chi connectivity index (χ4v) is 5.26. The van der Waals surface area contributed by atoms with Crippen LogP contribution in [-0.2, 0) is 22.8 Å². The Morgan fingerprint density at radius 1 is 1.07 bits per heavy atom. The number of hydrogen-bond acceptors (Lipinski definition) is 6. The van der Waals surface area contributed by atoms with Crippen LogP contribution in [0.1, 0.15) is 11.3 Å². The minimum Gasteiger partial charge on any atom is -0.437 e. The van der Waals surface area contributed by atoms with Crippen molar-refractivity contribution in [2.45, 2.75) is 45.9 Å². The summed E-state index contributed by atoms with van der Waals surface area (Å²) in [6.07, 6.45) is 6.74. The predicted molar refractivity (Wildman–Crippen MR) is 168 cm³/mol. The summed E-state index contributed by atoms with van der Waals surface area (Å²) in [5, 5.41) is 7.44. The molecule has 1 amide bonds. The Hall–Kier alpha value is -4.54. The molecule has 42 heavy (non-hydrogen) atoms. The SMILES string of the molecule is C=CC(=O)Nc1cccc(Oc2cnc3c(n2)c(-c2cnn(Cc4ccccc4)c2C)cn3COCC[Si](C)(C)C)c1. The van der Waals surface area contributed by atoms with E-state index in [9.17, 15) is 4.79 Å². The van der Waals surface area contributed by atoms with E-state index in [-0.39, 0.29) is 5.91 Å². The van der Waals surface area contributed by atoms with Gasteiger partial charge in [0, 0.05) is 49.5 Å². The first-order chi connectivity index (χ1) is 20.2. The molecule has 0 saturated carbocycles. The highest BCUT2D eigenvalue weighted by atomic mass is 28.3. The van der Waals surface area contributed by atoms with Gasteiger partial charge in [0.1, 0.15) is 18.0 Å². The molecule has 0 aliphatic carbocycles. The van der Waals surface area contributed by atoms with Crippen LogP contribution in [0, 0.1) is 6.92 Å². The summed E-state index contributed by atoms with van der Waals surface area (Å²) in [5.41, 5.74) is 6.06. The Labute approximate surface area is 246 Å². The van der Waals surface area contributed by atoms with Crippen molar-refractivity contribution in [2.75, 3.05) is 11.9 Å². The van der Waals surface area contributed by atoms with Crippen LogP contribution in [0.5, 0.6) is 11.6 Å². The van der Waals surface area contributed by atoms with Crippen molar-refractivity contribution in [1.29, 1.82) is 0 Å². The van der Waals surface area contributed by atoms with E-state index in [1.807, 2.05) is 39.8 Å². The Morgan fingerprint density at radius 2 is 1.88 bits per heavy atom. The van der Waals surface area contributed by atoms with Crippen LogP contribution in [0.2, 0.25) is 25.7 Å². The minimum absolute atomic E-state index is 0.297. The molecule has 2 aromatic carbocycles. The topological polar surface area (TPSA) is 96.1 Å². The number of amides is 1. The molecule has 0 atom stereocenters. The maximum atomic E-state index is 11.7. The third-order valence-corrected chi connectivity index (χ3v) is 8.55. The molecule has 3 aromatic heterocycles. The van der Waals surface area contributed by atoms with E-state index >= 15 is 0 Å². The van der Waals surface area contributed by atoms with Gasteiger partial charge in [-0.2, -0.15) is 5.10 Å². The second-order valence-corrected chi connectivity index (χ2v) is 17.0. The van der Waals surface area contributed by atoms with Crippen LogP contribution < -0.4 is 10.1 Å². The molecule has 216 valence electrons. The van der Waals surface area contributed by atoms with Crippen LogP contribution in [-0.4, -0.2) is 44.9 Å². The highest BCUT2D eigenvalue weighted by Gasteiger charge is 2.19. The smallest absolute Gasteiger partial charge is 0.247 e. The number of carbonyl (C=O) groups excluding carboxylic acids is 1. The van der Waals surface area contributed by atoms with Crippen molar-refractivity contribution in [3.05, 3.63) is 97.1 Å². The Balaban J connectivity index is 1.47. The zero-order chi connectivity index (χ0) is 29.7. The van der Waals surface area contributed by atoms with Crippen molar-refractivity contribution in [2.24, 2.45) is 0 Å². The van der Waals surface area contributed by atoms with Crippen LogP contribution in [0.3, 0.4) is 0 Å². The Morgan fingerprint density at radius 3 is 2.64 bits per heavy atom. The molecule has 0 aliphatic rings. The number of rotatable bonds is 12. The molecule has 5 rings (SSSR count). The lowest BCUT2D eigenvalue weighted by atomic mass is 10.1.